The van der Waals surface area contributed by atoms with Gasteiger partial charge in [-0.05, 0) is 34.7 Å². The van der Waals surface area contributed by atoms with Crippen molar-refractivity contribution in [2.24, 2.45) is 4.99 Å². The second kappa shape index (κ2) is 5.07. The van der Waals surface area contributed by atoms with E-state index in [1.54, 1.807) is 11.8 Å². The minimum Gasteiger partial charge on any atom is -0.366 e. The Labute approximate surface area is 129 Å². The molecule has 0 spiro atoms. The molecule has 0 amide bonds. The Hall–Kier alpha value is 0.210. The SMILES string of the molecule is Br.OC1(c2ccc(I)cc2)CSC2=NCCN21. The molecule has 0 bridgehead atoms. The molecule has 2 aliphatic heterocycles. The predicted octanol–water partition coefficient (Wildman–Crippen LogP) is 2.43. The largest absolute Gasteiger partial charge is 0.366 e. The maximum Gasteiger partial charge on any atom is 0.175 e. The fraction of sp³-hybridized carbons (Fsp3) is 0.364. The molecule has 1 aromatic carbocycles. The highest BCUT2D eigenvalue weighted by molar-refractivity contribution is 14.1. The van der Waals surface area contributed by atoms with Crippen LogP contribution in [0.4, 0.5) is 0 Å². The molecule has 3 rings (SSSR count). The number of aliphatic imine (C=N–C) groups is 1. The van der Waals surface area contributed by atoms with Crippen LogP contribution in [0.2, 0.25) is 0 Å². The highest BCUT2D eigenvalue weighted by atomic mass is 127. The molecule has 2 aliphatic rings. The molecule has 92 valence electrons. The highest BCUT2D eigenvalue weighted by Gasteiger charge is 2.46. The van der Waals surface area contributed by atoms with E-state index in [1.807, 2.05) is 29.2 Å². The topological polar surface area (TPSA) is 35.8 Å². The number of aliphatic hydroxyl groups is 1. The third-order valence-electron chi connectivity index (χ3n) is 2.96. The van der Waals surface area contributed by atoms with Crippen molar-refractivity contribution >= 4 is 56.5 Å². The van der Waals surface area contributed by atoms with Gasteiger partial charge in [-0.1, -0.05) is 23.9 Å². The summed E-state index contributed by atoms with van der Waals surface area (Å²) >= 11 is 3.91. The molecule has 0 aromatic heterocycles. The van der Waals surface area contributed by atoms with Gasteiger partial charge in [0.1, 0.15) is 0 Å². The zero-order valence-electron chi connectivity index (χ0n) is 8.97. The second-order valence-electron chi connectivity index (χ2n) is 3.93. The number of rotatable bonds is 1. The van der Waals surface area contributed by atoms with Gasteiger partial charge in [-0.15, -0.1) is 17.0 Å². The van der Waals surface area contributed by atoms with Gasteiger partial charge in [0.25, 0.3) is 0 Å². The van der Waals surface area contributed by atoms with Crippen LogP contribution in [0.15, 0.2) is 29.3 Å². The van der Waals surface area contributed by atoms with Crippen molar-refractivity contribution in [1.82, 2.24) is 4.90 Å². The van der Waals surface area contributed by atoms with Crippen LogP contribution >= 0.6 is 51.3 Å². The fourth-order valence-corrected chi connectivity index (χ4v) is 3.69. The molecule has 1 fully saturated rings. The molecule has 1 aromatic rings. The Balaban J connectivity index is 0.00000108. The van der Waals surface area contributed by atoms with Crippen molar-refractivity contribution in [1.29, 1.82) is 0 Å². The maximum absolute atomic E-state index is 10.7. The Bertz CT molecular complexity index is 453. The van der Waals surface area contributed by atoms with E-state index in [2.05, 4.69) is 27.6 Å². The van der Waals surface area contributed by atoms with Crippen molar-refractivity contribution in [3.63, 3.8) is 0 Å². The monoisotopic (exact) mass is 426 g/mol. The van der Waals surface area contributed by atoms with E-state index in [4.69, 9.17) is 0 Å². The van der Waals surface area contributed by atoms with Crippen molar-refractivity contribution in [2.45, 2.75) is 5.72 Å². The number of benzene rings is 1. The molecule has 17 heavy (non-hydrogen) atoms. The zero-order chi connectivity index (χ0) is 11.2. The van der Waals surface area contributed by atoms with E-state index in [0.29, 0.717) is 5.75 Å². The molecule has 1 N–H and O–H groups in total. The lowest BCUT2D eigenvalue weighted by atomic mass is 10.0. The molecule has 1 unspecified atom stereocenters. The van der Waals surface area contributed by atoms with Gasteiger partial charge in [0.15, 0.2) is 10.9 Å². The van der Waals surface area contributed by atoms with Crippen LogP contribution in [0.1, 0.15) is 5.56 Å². The van der Waals surface area contributed by atoms with Crippen molar-refractivity contribution in [2.75, 3.05) is 18.8 Å². The number of amidine groups is 1. The van der Waals surface area contributed by atoms with Crippen molar-refractivity contribution in [3.8, 4) is 0 Å². The van der Waals surface area contributed by atoms with Crippen LogP contribution in [0.25, 0.3) is 0 Å². The summed E-state index contributed by atoms with van der Waals surface area (Å²) in [7, 11) is 0. The van der Waals surface area contributed by atoms with Gasteiger partial charge in [-0.2, -0.15) is 0 Å². The summed E-state index contributed by atoms with van der Waals surface area (Å²) in [5, 5.41) is 11.7. The Morgan fingerprint density at radius 1 is 1.35 bits per heavy atom. The molecule has 3 nitrogen and oxygen atoms in total. The van der Waals surface area contributed by atoms with Crippen LogP contribution in [0.3, 0.4) is 0 Å². The van der Waals surface area contributed by atoms with Crippen LogP contribution in [-0.4, -0.2) is 34.0 Å². The smallest absolute Gasteiger partial charge is 0.175 e. The summed E-state index contributed by atoms with van der Waals surface area (Å²) in [4.78, 5) is 6.39. The van der Waals surface area contributed by atoms with Gasteiger partial charge in [-0.3, -0.25) is 4.99 Å². The van der Waals surface area contributed by atoms with Crippen molar-refractivity contribution in [3.05, 3.63) is 33.4 Å². The number of hydrogen-bond acceptors (Lipinski definition) is 4. The summed E-state index contributed by atoms with van der Waals surface area (Å²) < 4.78 is 1.19. The lowest BCUT2D eigenvalue weighted by molar-refractivity contribution is -0.0425. The average Bonchev–Trinajstić information content (AvgIpc) is 2.85. The normalized spacial score (nSPS) is 26.5. The molecule has 1 saturated heterocycles. The second-order valence-corrected chi connectivity index (χ2v) is 6.12. The first-order chi connectivity index (χ1) is 7.70. The van der Waals surface area contributed by atoms with Crippen LogP contribution in [-0.2, 0) is 5.72 Å². The quantitative estimate of drug-likeness (QED) is 0.700. The molecule has 6 heteroatoms. The fourth-order valence-electron chi connectivity index (χ4n) is 2.09. The molecule has 0 radical (unpaired) electrons. The summed E-state index contributed by atoms with van der Waals surface area (Å²) in [5.41, 5.74) is 0.108. The molecular formula is C11H12BrIN2OS. The molecular weight excluding hydrogens is 415 g/mol. The lowest BCUT2D eigenvalue weighted by Gasteiger charge is -2.31. The van der Waals surface area contributed by atoms with Gasteiger partial charge in [-0.25, -0.2) is 0 Å². The minimum atomic E-state index is -0.857. The van der Waals surface area contributed by atoms with Gasteiger partial charge in [0.2, 0.25) is 0 Å². The zero-order valence-corrected chi connectivity index (χ0v) is 13.7. The number of halogens is 2. The van der Waals surface area contributed by atoms with E-state index in [9.17, 15) is 5.11 Å². The summed E-state index contributed by atoms with van der Waals surface area (Å²) in [5.74, 6) is 0.673. The molecule has 2 heterocycles. The lowest BCUT2D eigenvalue weighted by Crippen LogP contribution is -2.43. The molecule has 1 atom stereocenters. The predicted molar refractivity (Wildman–Crippen MR) is 84.8 cm³/mol. The average molecular weight is 427 g/mol. The van der Waals surface area contributed by atoms with E-state index < -0.39 is 5.72 Å². The standard InChI is InChI=1S/C11H11IN2OS.BrH/c12-9-3-1-8(2-4-9)11(15)7-16-10-13-5-6-14(10)11;/h1-4,15H,5-7H2;1H. The van der Waals surface area contributed by atoms with E-state index in [-0.39, 0.29) is 17.0 Å². The number of fused-ring (bicyclic) bond motifs is 1. The van der Waals surface area contributed by atoms with E-state index in [1.165, 1.54) is 3.57 Å². The van der Waals surface area contributed by atoms with Crippen molar-refractivity contribution < 1.29 is 5.11 Å². The highest BCUT2D eigenvalue weighted by Crippen LogP contribution is 2.40. The Morgan fingerprint density at radius 3 is 2.76 bits per heavy atom. The van der Waals surface area contributed by atoms with Crippen LogP contribution in [0.5, 0.6) is 0 Å². The summed E-state index contributed by atoms with van der Waals surface area (Å²) in [6.07, 6.45) is 0. The first-order valence-electron chi connectivity index (χ1n) is 5.13. The molecule has 0 saturated carbocycles. The van der Waals surface area contributed by atoms with E-state index >= 15 is 0 Å². The number of nitrogens with zero attached hydrogens (tertiary/aromatic N) is 2. The van der Waals surface area contributed by atoms with Gasteiger partial charge in [0.05, 0.1) is 12.3 Å². The molecule has 0 aliphatic carbocycles. The first-order valence-corrected chi connectivity index (χ1v) is 7.20. The van der Waals surface area contributed by atoms with Gasteiger partial charge < -0.3 is 10.0 Å². The summed E-state index contributed by atoms with van der Waals surface area (Å²) in [6.45, 7) is 1.62. The third kappa shape index (κ3) is 2.24. The van der Waals surface area contributed by atoms with Crippen LogP contribution < -0.4 is 0 Å². The van der Waals surface area contributed by atoms with Gasteiger partial charge >= 0.3 is 0 Å². The van der Waals surface area contributed by atoms with Gasteiger partial charge in [0, 0.05) is 15.7 Å². The number of thioether (sulfide) groups is 1. The van der Waals surface area contributed by atoms with Crippen LogP contribution in [0, 0.1) is 3.57 Å². The number of hydrogen-bond donors (Lipinski definition) is 1. The van der Waals surface area contributed by atoms with E-state index in [0.717, 1.165) is 23.8 Å². The summed E-state index contributed by atoms with van der Waals surface area (Å²) in [6, 6.07) is 8.07. The Kier molecular flexibility index (Phi) is 4.06. The minimum absolute atomic E-state index is 0. The maximum atomic E-state index is 10.7. The first kappa shape index (κ1) is 13.6. The Morgan fingerprint density at radius 2 is 2.06 bits per heavy atom. The third-order valence-corrected chi connectivity index (χ3v) is 4.83.